The van der Waals surface area contributed by atoms with Gasteiger partial charge in [-0.25, -0.2) is 0 Å². The fourth-order valence-corrected chi connectivity index (χ4v) is 2.41. The second-order valence-electron chi connectivity index (χ2n) is 5.05. The van der Waals surface area contributed by atoms with Gasteiger partial charge in [0.05, 0.1) is 0 Å². The van der Waals surface area contributed by atoms with E-state index in [1.54, 1.807) is 0 Å². The molecule has 1 saturated heterocycles. The van der Waals surface area contributed by atoms with E-state index in [1.165, 1.54) is 18.5 Å². The summed E-state index contributed by atoms with van der Waals surface area (Å²) in [5.74, 6) is 5.78. The highest BCUT2D eigenvalue weighted by atomic mass is 16.2. The molecule has 0 bridgehead atoms. The lowest BCUT2D eigenvalue weighted by molar-refractivity contribution is 0.269. The minimum absolute atomic E-state index is 0.0805. The summed E-state index contributed by atoms with van der Waals surface area (Å²) in [7, 11) is 2.18. The number of benzene rings is 1. The Balaban J connectivity index is 2.05. The van der Waals surface area contributed by atoms with E-state index < -0.39 is 0 Å². The van der Waals surface area contributed by atoms with Crippen molar-refractivity contribution in [2.75, 3.05) is 39.8 Å². The molecule has 1 N–H and O–H groups in total. The molecule has 0 atom stereocenters. The highest BCUT2D eigenvalue weighted by Crippen LogP contribution is 2.12. The van der Waals surface area contributed by atoms with E-state index in [4.69, 9.17) is 5.11 Å². The summed E-state index contributed by atoms with van der Waals surface area (Å²) in [5, 5.41) is 8.82. The van der Waals surface area contributed by atoms with Crippen LogP contribution in [0.25, 0.3) is 0 Å². The van der Waals surface area contributed by atoms with Gasteiger partial charge >= 0.3 is 0 Å². The number of rotatable bonds is 2. The molecule has 1 aromatic carbocycles. The summed E-state index contributed by atoms with van der Waals surface area (Å²) in [5.41, 5.74) is 2.29. The molecule has 1 aliphatic rings. The maximum absolute atomic E-state index is 8.82. The molecule has 3 nitrogen and oxygen atoms in total. The molecule has 0 aliphatic carbocycles. The molecule has 102 valence electrons. The van der Waals surface area contributed by atoms with Gasteiger partial charge in [0.2, 0.25) is 0 Å². The molecule has 1 aliphatic heterocycles. The molecule has 0 unspecified atom stereocenters. The lowest BCUT2D eigenvalue weighted by Crippen LogP contribution is -2.28. The Hall–Kier alpha value is -1.34. The highest BCUT2D eigenvalue weighted by Gasteiger charge is 2.13. The molecule has 0 radical (unpaired) electrons. The molecule has 0 aromatic heterocycles. The first-order valence-electron chi connectivity index (χ1n) is 6.88. The monoisotopic (exact) mass is 258 g/mol. The first kappa shape index (κ1) is 14.1. The van der Waals surface area contributed by atoms with E-state index >= 15 is 0 Å². The summed E-state index contributed by atoms with van der Waals surface area (Å²) < 4.78 is 0. The quantitative estimate of drug-likeness (QED) is 0.807. The summed E-state index contributed by atoms with van der Waals surface area (Å²) in [6, 6.07) is 8.22. The maximum atomic E-state index is 8.82. The van der Waals surface area contributed by atoms with Crippen LogP contribution in [0.5, 0.6) is 0 Å². The first-order chi connectivity index (χ1) is 9.29. The largest absolute Gasteiger partial charge is 0.384 e. The van der Waals surface area contributed by atoms with E-state index in [0.717, 1.165) is 31.7 Å². The predicted molar refractivity (Wildman–Crippen MR) is 77.8 cm³/mol. The number of likely N-dealkylation sites (N-methyl/N-ethyl adjacent to an activating group) is 1. The molecule has 2 rings (SSSR count). The van der Waals surface area contributed by atoms with E-state index in [9.17, 15) is 0 Å². The van der Waals surface area contributed by atoms with E-state index in [2.05, 4.69) is 40.8 Å². The lowest BCUT2D eigenvalue weighted by atomic mass is 10.1. The van der Waals surface area contributed by atoms with Gasteiger partial charge in [0, 0.05) is 25.2 Å². The molecule has 1 fully saturated rings. The van der Waals surface area contributed by atoms with Crippen molar-refractivity contribution >= 4 is 0 Å². The second kappa shape index (κ2) is 7.30. The van der Waals surface area contributed by atoms with Gasteiger partial charge in [-0.3, -0.25) is 4.90 Å². The molecule has 0 saturated carbocycles. The first-order valence-corrected chi connectivity index (χ1v) is 6.88. The van der Waals surface area contributed by atoms with Crippen LogP contribution in [0.2, 0.25) is 0 Å². The van der Waals surface area contributed by atoms with E-state index in [0.29, 0.717) is 0 Å². The van der Waals surface area contributed by atoms with Crippen LogP contribution >= 0.6 is 0 Å². The Kier molecular flexibility index (Phi) is 5.41. The highest BCUT2D eigenvalue weighted by molar-refractivity contribution is 5.41. The average Bonchev–Trinajstić information content (AvgIpc) is 2.63. The smallest absolute Gasteiger partial charge is 0.104 e. The van der Waals surface area contributed by atoms with Gasteiger partial charge in [0.25, 0.3) is 0 Å². The zero-order valence-corrected chi connectivity index (χ0v) is 11.6. The summed E-state index contributed by atoms with van der Waals surface area (Å²) in [4.78, 5) is 4.88. The van der Waals surface area contributed by atoms with Crippen molar-refractivity contribution in [2.24, 2.45) is 0 Å². The molecular weight excluding hydrogens is 236 g/mol. The van der Waals surface area contributed by atoms with Crippen LogP contribution in [-0.4, -0.2) is 54.7 Å². The molecule has 0 spiro atoms. The Morgan fingerprint density at radius 3 is 2.84 bits per heavy atom. The SMILES string of the molecule is CN1CCCN(Cc2ccccc2C#CCO)CC1. The van der Waals surface area contributed by atoms with Crippen LogP contribution in [0.15, 0.2) is 24.3 Å². The second-order valence-corrected chi connectivity index (χ2v) is 5.05. The predicted octanol–water partition coefficient (Wildman–Crippen LogP) is 1.17. The summed E-state index contributed by atoms with van der Waals surface area (Å²) >= 11 is 0. The van der Waals surface area contributed by atoms with Gasteiger partial charge in [-0.1, -0.05) is 30.0 Å². The fourth-order valence-electron chi connectivity index (χ4n) is 2.41. The standard InChI is InChI=1S/C16H22N2O/c1-17-9-5-10-18(12-11-17)14-16-7-3-2-6-15(16)8-4-13-19/h2-3,6-7,19H,5,9-14H2,1H3. The summed E-state index contributed by atoms with van der Waals surface area (Å²) in [6.45, 7) is 5.43. The van der Waals surface area contributed by atoms with E-state index in [1.807, 2.05) is 12.1 Å². The van der Waals surface area contributed by atoms with Crippen LogP contribution in [-0.2, 0) is 6.54 Å². The average molecular weight is 258 g/mol. The molecular formula is C16H22N2O. The zero-order chi connectivity index (χ0) is 13.5. The molecule has 0 amide bonds. The Bertz CT molecular complexity index is 461. The van der Waals surface area contributed by atoms with Crippen LogP contribution in [0, 0.1) is 11.8 Å². The van der Waals surface area contributed by atoms with Gasteiger partial charge in [-0.05, 0) is 38.2 Å². The molecule has 1 aromatic rings. The minimum atomic E-state index is -0.0805. The van der Waals surface area contributed by atoms with Crippen molar-refractivity contribution < 1.29 is 5.11 Å². The van der Waals surface area contributed by atoms with Crippen LogP contribution in [0.1, 0.15) is 17.5 Å². The molecule has 1 heterocycles. The number of hydrogen-bond donors (Lipinski definition) is 1. The van der Waals surface area contributed by atoms with Crippen molar-refractivity contribution in [3.05, 3.63) is 35.4 Å². The van der Waals surface area contributed by atoms with Crippen molar-refractivity contribution in [2.45, 2.75) is 13.0 Å². The zero-order valence-electron chi connectivity index (χ0n) is 11.6. The fraction of sp³-hybridized carbons (Fsp3) is 0.500. The lowest BCUT2D eigenvalue weighted by Gasteiger charge is -2.20. The number of nitrogens with zero attached hydrogens (tertiary/aromatic N) is 2. The number of hydrogen-bond acceptors (Lipinski definition) is 3. The van der Waals surface area contributed by atoms with Crippen LogP contribution in [0.3, 0.4) is 0 Å². The molecule has 19 heavy (non-hydrogen) atoms. The van der Waals surface area contributed by atoms with Gasteiger partial charge in [-0.2, -0.15) is 0 Å². The van der Waals surface area contributed by atoms with Crippen molar-refractivity contribution in [3.63, 3.8) is 0 Å². The third kappa shape index (κ3) is 4.36. The van der Waals surface area contributed by atoms with Crippen molar-refractivity contribution in [1.82, 2.24) is 9.80 Å². The number of aliphatic hydroxyl groups is 1. The minimum Gasteiger partial charge on any atom is -0.384 e. The Morgan fingerprint density at radius 1 is 1.16 bits per heavy atom. The van der Waals surface area contributed by atoms with Gasteiger partial charge in [0.1, 0.15) is 6.61 Å². The van der Waals surface area contributed by atoms with Gasteiger partial charge in [0.15, 0.2) is 0 Å². The topological polar surface area (TPSA) is 26.7 Å². The maximum Gasteiger partial charge on any atom is 0.104 e. The third-order valence-corrected chi connectivity index (χ3v) is 3.53. The Morgan fingerprint density at radius 2 is 2.00 bits per heavy atom. The normalized spacial score (nSPS) is 17.6. The van der Waals surface area contributed by atoms with Crippen molar-refractivity contribution in [3.8, 4) is 11.8 Å². The third-order valence-electron chi connectivity index (χ3n) is 3.53. The molecule has 3 heteroatoms. The van der Waals surface area contributed by atoms with E-state index in [-0.39, 0.29) is 6.61 Å². The van der Waals surface area contributed by atoms with Crippen LogP contribution in [0.4, 0.5) is 0 Å². The van der Waals surface area contributed by atoms with Crippen LogP contribution < -0.4 is 0 Å². The number of aliphatic hydroxyl groups excluding tert-OH is 1. The summed E-state index contributed by atoms with van der Waals surface area (Å²) in [6.07, 6.45) is 1.22. The van der Waals surface area contributed by atoms with Crippen molar-refractivity contribution in [1.29, 1.82) is 0 Å². The Labute approximate surface area is 115 Å². The van der Waals surface area contributed by atoms with Gasteiger partial charge < -0.3 is 10.0 Å². The van der Waals surface area contributed by atoms with Gasteiger partial charge in [-0.15, -0.1) is 0 Å².